The topological polar surface area (TPSA) is 91.7 Å². The first-order valence-electron chi connectivity index (χ1n) is 7.85. The van der Waals surface area contributed by atoms with Crippen LogP contribution in [0.5, 0.6) is 0 Å². The summed E-state index contributed by atoms with van der Waals surface area (Å²) in [6.45, 7) is 2.14. The smallest absolute Gasteiger partial charge is 0.309 e. The molecule has 0 amide bonds. The molecule has 122 valence electrons. The molecule has 0 bridgehead atoms. The Labute approximate surface area is 140 Å². The standard InChI is InChI=1S/C18H18N4O2/c1-2-24-18(23)12-8-9-14-15(11-19)17(20)22(21-16(14)10-12)13-6-4-3-5-7-13/h3-7,9,12H,2,8,10,20H2,1H3. The fourth-order valence-electron chi connectivity index (χ4n) is 2.89. The zero-order valence-electron chi connectivity index (χ0n) is 13.4. The van der Waals surface area contributed by atoms with Gasteiger partial charge in [0.1, 0.15) is 17.5 Å². The van der Waals surface area contributed by atoms with Gasteiger partial charge < -0.3 is 10.5 Å². The van der Waals surface area contributed by atoms with Crippen LogP contribution < -0.4 is 10.7 Å². The van der Waals surface area contributed by atoms with Gasteiger partial charge in [0.25, 0.3) is 0 Å². The number of rotatable bonds is 3. The predicted octanol–water partition coefficient (Wildman–Crippen LogP) is 2.46. The van der Waals surface area contributed by atoms with Crippen LogP contribution in [-0.4, -0.2) is 18.3 Å². The van der Waals surface area contributed by atoms with E-state index in [2.05, 4.69) is 11.2 Å². The Morgan fingerprint density at radius 1 is 1.46 bits per heavy atom. The fraction of sp³-hybridized carbons (Fsp3) is 0.278. The van der Waals surface area contributed by atoms with Gasteiger partial charge in [-0.05, 0) is 25.5 Å². The number of allylic oxidation sites excluding steroid dienone is 3. The summed E-state index contributed by atoms with van der Waals surface area (Å²) in [5.41, 5.74) is 8.74. The fourth-order valence-corrected chi connectivity index (χ4v) is 2.89. The highest BCUT2D eigenvalue weighted by atomic mass is 16.5. The number of benzene rings is 1. The van der Waals surface area contributed by atoms with Crippen molar-refractivity contribution in [3.8, 4) is 6.07 Å². The Bertz CT molecular complexity index is 787. The summed E-state index contributed by atoms with van der Waals surface area (Å²) in [7, 11) is 0. The molecule has 1 aliphatic heterocycles. The molecule has 0 saturated carbocycles. The van der Waals surface area contributed by atoms with Gasteiger partial charge in [0.05, 0.1) is 23.9 Å². The molecule has 0 spiro atoms. The number of para-hydroxylation sites is 1. The lowest BCUT2D eigenvalue weighted by Gasteiger charge is -2.31. The third-order valence-corrected chi connectivity index (χ3v) is 4.06. The van der Waals surface area contributed by atoms with Gasteiger partial charge in [-0.25, -0.2) is 5.01 Å². The molecule has 6 heteroatoms. The summed E-state index contributed by atoms with van der Waals surface area (Å²) in [6, 6.07) is 11.6. The first kappa shape index (κ1) is 15.8. The van der Waals surface area contributed by atoms with Gasteiger partial charge in [-0.2, -0.15) is 10.4 Å². The van der Waals surface area contributed by atoms with Crippen LogP contribution in [0.25, 0.3) is 0 Å². The first-order chi connectivity index (χ1) is 11.7. The molecule has 1 atom stereocenters. The molecule has 1 unspecified atom stereocenters. The highest BCUT2D eigenvalue weighted by molar-refractivity contribution is 6.09. The Morgan fingerprint density at radius 2 is 2.21 bits per heavy atom. The number of nitrogens with zero attached hydrogens (tertiary/aromatic N) is 3. The number of hydrogen-bond acceptors (Lipinski definition) is 6. The Kier molecular flexibility index (Phi) is 4.34. The Morgan fingerprint density at radius 3 is 2.88 bits per heavy atom. The van der Waals surface area contributed by atoms with Crippen molar-refractivity contribution in [1.82, 2.24) is 0 Å². The SMILES string of the molecule is CCOC(=O)C1CC=C2C(=NN(c3ccccc3)C(N)=C2C#N)C1. The monoisotopic (exact) mass is 322 g/mol. The van der Waals surface area contributed by atoms with Crippen molar-refractivity contribution in [3.05, 3.63) is 53.4 Å². The van der Waals surface area contributed by atoms with Gasteiger partial charge >= 0.3 is 5.97 Å². The zero-order valence-corrected chi connectivity index (χ0v) is 13.4. The van der Waals surface area contributed by atoms with Crippen LogP contribution in [-0.2, 0) is 9.53 Å². The van der Waals surface area contributed by atoms with E-state index < -0.39 is 0 Å². The lowest BCUT2D eigenvalue weighted by molar-refractivity contribution is -0.147. The highest BCUT2D eigenvalue weighted by Crippen LogP contribution is 2.33. The summed E-state index contributed by atoms with van der Waals surface area (Å²) in [4.78, 5) is 12.0. The van der Waals surface area contributed by atoms with E-state index in [-0.39, 0.29) is 11.9 Å². The molecule has 1 aliphatic carbocycles. The molecular formula is C18H18N4O2. The molecule has 0 saturated heterocycles. The highest BCUT2D eigenvalue weighted by Gasteiger charge is 2.33. The van der Waals surface area contributed by atoms with Crippen molar-refractivity contribution in [1.29, 1.82) is 5.26 Å². The molecule has 1 heterocycles. The number of anilines is 1. The van der Waals surface area contributed by atoms with Gasteiger partial charge in [0.2, 0.25) is 0 Å². The van der Waals surface area contributed by atoms with Crippen molar-refractivity contribution >= 4 is 17.4 Å². The molecule has 0 radical (unpaired) electrons. The number of hydrogen-bond donors (Lipinski definition) is 1. The van der Waals surface area contributed by atoms with E-state index in [9.17, 15) is 10.1 Å². The van der Waals surface area contributed by atoms with Crippen molar-refractivity contribution in [2.75, 3.05) is 11.6 Å². The molecule has 6 nitrogen and oxygen atoms in total. The third-order valence-electron chi connectivity index (χ3n) is 4.06. The van der Waals surface area contributed by atoms with E-state index in [4.69, 9.17) is 10.5 Å². The van der Waals surface area contributed by atoms with Gasteiger partial charge in [-0.1, -0.05) is 24.3 Å². The summed E-state index contributed by atoms with van der Waals surface area (Å²) in [5, 5.41) is 15.7. The van der Waals surface area contributed by atoms with E-state index in [1.807, 2.05) is 36.4 Å². The number of carbonyl (C=O) groups excluding carboxylic acids is 1. The normalized spacial score (nSPS) is 19.8. The molecule has 2 N–H and O–H groups in total. The lowest BCUT2D eigenvalue weighted by Crippen LogP contribution is -2.34. The van der Waals surface area contributed by atoms with Crippen molar-refractivity contribution in [2.45, 2.75) is 19.8 Å². The molecular weight excluding hydrogens is 304 g/mol. The van der Waals surface area contributed by atoms with Crippen LogP contribution in [0.15, 0.2) is 58.5 Å². The molecule has 0 fully saturated rings. The van der Waals surface area contributed by atoms with Gasteiger partial charge in [-0.3, -0.25) is 4.79 Å². The number of nitriles is 1. The van der Waals surface area contributed by atoms with Crippen molar-refractivity contribution < 1.29 is 9.53 Å². The van der Waals surface area contributed by atoms with E-state index >= 15 is 0 Å². The quantitative estimate of drug-likeness (QED) is 0.863. The van der Waals surface area contributed by atoms with Crippen LogP contribution in [0.3, 0.4) is 0 Å². The maximum Gasteiger partial charge on any atom is 0.309 e. The number of esters is 1. The zero-order chi connectivity index (χ0) is 17.1. The number of carbonyl (C=O) groups is 1. The van der Waals surface area contributed by atoms with E-state index in [0.29, 0.717) is 36.6 Å². The first-order valence-corrected chi connectivity index (χ1v) is 7.85. The summed E-state index contributed by atoms with van der Waals surface area (Å²) >= 11 is 0. The minimum absolute atomic E-state index is 0.234. The predicted molar refractivity (Wildman–Crippen MR) is 90.6 cm³/mol. The van der Waals surface area contributed by atoms with Crippen molar-refractivity contribution in [3.63, 3.8) is 0 Å². The second kappa shape index (κ2) is 6.59. The Balaban J connectivity index is 1.99. The van der Waals surface area contributed by atoms with Crippen LogP contribution in [0.1, 0.15) is 19.8 Å². The Hall–Kier alpha value is -3.07. The molecule has 1 aromatic carbocycles. The minimum atomic E-state index is -0.274. The second-order valence-corrected chi connectivity index (χ2v) is 5.57. The number of fused-ring (bicyclic) bond motifs is 1. The van der Waals surface area contributed by atoms with E-state index in [1.165, 1.54) is 0 Å². The van der Waals surface area contributed by atoms with Gasteiger partial charge in [0, 0.05) is 12.0 Å². The van der Waals surface area contributed by atoms with Crippen LogP contribution in [0.4, 0.5) is 5.69 Å². The summed E-state index contributed by atoms with van der Waals surface area (Å²) < 4.78 is 5.11. The molecule has 1 aromatic rings. The average Bonchev–Trinajstić information content (AvgIpc) is 2.62. The molecule has 2 aliphatic rings. The summed E-state index contributed by atoms with van der Waals surface area (Å²) in [6.07, 6.45) is 2.82. The lowest BCUT2D eigenvalue weighted by atomic mass is 9.84. The van der Waals surface area contributed by atoms with E-state index in [0.717, 1.165) is 11.3 Å². The van der Waals surface area contributed by atoms with Crippen molar-refractivity contribution in [2.24, 2.45) is 16.8 Å². The van der Waals surface area contributed by atoms with Crippen LogP contribution in [0.2, 0.25) is 0 Å². The number of hydrazone groups is 1. The largest absolute Gasteiger partial charge is 0.466 e. The maximum absolute atomic E-state index is 12.0. The molecule has 3 rings (SSSR count). The van der Waals surface area contributed by atoms with Crippen LogP contribution >= 0.6 is 0 Å². The third kappa shape index (κ3) is 2.76. The number of ether oxygens (including phenoxy) is 1. The second-order valence-electron chi connectivity index (χ2n) is 5.57. The average molecular weight is 322 g/mol. The van der Waals surface area contributed by atoms with Crippen LogP contribution in [0, 0.1) is 17.2 Å². The molecule has 24 heavy (non-hydrogen) atoms. The number of nitrogens with two attached hydrogens (primary N) is 1. The van der Waals surface area contributed by atoms with Gasteiger partial charge in [0.15, 0.2) is 0 Å². The van der Waals surface area contributed by atoms with Gasteiger partial charge in [-0.15, -0.1) is 0 Å². The summed E-state index contributed by atoms with van der Waals surface area (Å²) in [5.74, 6) is -0.208. The van der Waals surface area contributed by atoms with E-state index in [1.54, 1.807) is 11.9 Å². The molecule has 0 aromatic heterocycles. The maximum atomic E-state index is 12.0. The minimum Gasteiger partial charge on any atom is -0.466 e.